The Morgan fingerprint density at radius 2 is 1.93 bits per heavy atom. The second-order valence-corrected chi connectivity index (χ2v) is 4.95. The average Bonchev–Trinajstić information content (AvgIpc) is 2.18. The van der Waals surface area contributed by atoms with Crippen molar-refractivity contribution in [3.63, 3.8) is 0 Å². The lowest BCUT2D eigenvalue weighted by Gasteiger charge is -2.33. The van der Waals surface area contributed by atoms with E-state index in [0.29, 0.717) is 13.1 Å². The Morgan fingerprint density at radius 1 is 1.36 bits per heavy atom. The van der Waals surface area contributed by atoms with Gasteiger partial charge in [0.05, 0.1) is 0 Å². The standard InChI is InChI=1S/C9H20N2O2S/c1-3-9(2)8-10-4-6-11(7-5-10)14(12)13/h9H,3-8H2,1-2H3,(H,12,13). The van der Waals surface area contributed by atoms with Gasteiger partial charge in [-0.15, -0.1) is 0 Å². The fourth-order valence-corrected chi connectivity index (χ4v) is 2.11. The Bertz CT molecular complexity index is 193. The van der Waals surface area contributed by atoms with Crippen LogP contribution in [0.3, 0.4) is 0 Å². The van der Waals surface area contributed by atoms with Crippen LogP contribution in [0.5, 0.6) is 0 Å². The van der Waals surface area contributed by atoms with Gasteiger partial charge in [-0.25, -0.2) is 4.21 Å². The molecule has 1 fully saturated rings. The van der Waals surface area contributed by atoms with Gasteiger partial charge in [-0.05, 0) is 5.92 Å². The second-order valence-electron chi connectivity index (χ2n) is 3.97. The molecule has 84 valence electrons. The molecule has 0 spiro atoms. The first-order chi connectivity index (χ1) is 6.63. The Labute approximate surface area is 88.7 Å². The molecule has 0 aliphatic carbocycles. The summed E-state index contributed by atoms with van der Waals surface area (Å²) in [5, 5.41) is 0. The van der Waals surface area contributed by atoms with Gasteiger partial charge in [-0.1, -0.05) is 20.3 Å². The monoisotopic (exact) mass is 220 g/mol. The highest BCUT2D eigenvalue weighted by Crippen LogP contribution is 2.08. The number of nitrogens with zero attached hydrogens (tertiary/aromatic N) is 2. The molecule has 1 aliphatic rings. The Morgan fingerprint density at radius 3 is 2.36 bits per heavy atom. The lowest BCUT2D eigenvalue weighted by Crippen LogP contribution is -2.47. The molecule has 1 rings (SSSR count). The molecule has 0 aromatic carbocycles. The van der Waals surface area contributed by atoms with Crippen molar-refractivity contribution in [3.05, 3.63) is 0 Å². The summed E-state index contributed by atoms with van der Waals surface area (Å²) < 4.78 is 21.2. The molecule has 1 aliphatic heterocycles. The van der Waals surface area contributed by atoms with Gasteiger partial charge in [0.2, 0.25) is 11.3 Å². The minimum absolute atomic E-state index is 0.708. The van der Waals surface area contributed by atoms with Crippen molar-refractivity contribution in [1.82, 2.24) is 9.21 Å². The first kappa shape index (κ1) is 12.1. The highest BCUT2D eigenvalue weighted by atomic mass is 32.2. The quantitative estimate of drug-likeness (QED) is 0.712. The zero-order chi connectivity index (χ0) is 10.6. The zero-order valence-corrected chi connectivity index (χ0v) is 9.79. The molecule has 0 saturated carbocycles. The van der Waals surface area contributed by atoms with Crippen molar-refractivity contribution < 1.29 is 8.76 Å². The number of piperazine rings is 1. The van der Waals surface area contributed by atoms with E-state index >= 15 is 0 Å². The molecule has 1 heterocycles. The van der Waals surface area contributed by atoms with E-state index in [4.69, 9.17) is 4.55 Å². The smallest absolute Gasteiger partial charge is 0.234 e. The third-order valence-corrected chi connectivity index (χ3v) is 3.63. The van der Waals surface area contributed by atoms with Gasteiger partial charge in [0.1, 0.15) is 0 Å². The van der Waals surface area contributed by atoms with Crippen LogP contribution < -0.4 is 0 Å². The molecule has 2 atom stereocenters. The predicted octanol–water partition coefficient (Wildman–Crippen LogP) is 0.787. The normalized spacial score (nSPS) is 24.8. The molecule has 1 N–H and O–H groups in total. The Hall–Kier alpha value is 0.0300. The molecular weight excluding hydrogens is 200 g/mol. The van der Waals surface area contributed by atoms with E-state index in [-0.39, 0.29) is 0 Å². The van der Waals surface area contributed by atoms with Crippen LogP contribution >= 0.6 is 0 Å². The van der Waals surface area contributed by atoms with E-state index in [9.17, 15) is 4.21 Å². The van der Waals surface area contributed by atoms with E-state index in [1.54, 1.807) is 4.31 Å². The maximum atomic E-state index is 10.8. The van der Waals surface area contributed by atoms with Crippen molar-refractivity contribution in [2.24, 2.45) is 5.92 Å². The number of hydrogen-bond acceptors (Lipinski definition) is 2. The topological polar surface area (TPSA) is 43.8 Å². The highest BCUT2D eigenvalue weighted by molar-refractivity contribution is 7.76. The largest absolute Gasteiger partial charge is 0.300 e. The van der Waals surface area contributed by atoms with E-state index < -0.39 is 11.3 Å². The van der Waals surface area contributed by atoms with Gasteiger partial charge in [0.15, 0.2) is 0 Å². The van der Waals surface area contributed by atoms with Crippen molar-refractivity contribution in [3.8, 4) is 0 Å². The molecule has 0 aromatic heterocycles. The third-order valence-electron chi connectivity index (χ3n) is 2.82. The zero-order valence-electron chi connectivity index (χ0n) is 8.98. The van der Waals surface area contributed by atoms with Crippen LogP contribution in [0, 0.1) is 5.92 Å². The summed E-state index contributed by atoms with van der Waals surface area (Å²) in [4.78, 5) is 2.37. The van der Waals surface area contributed by atoms with Gasteiger partial charge in [0, 0.05) is 32.7 Å². The van der Waals surface area contributed by atoms with Crippen molar-refractivity contribution in [2.75, 3.05) is 32.7 Å². The van der Waals surface area contributed by atoms with Gasteiger partial charge in [0.25, 0.3) is 0 Å². The van der Waals surface area contributed by atoms with Crippen LogP contribution in [-0.2, 0) is 11.3 Å². The molecule has 0 radical (unpaired) electrons. The van der Waals surface area contributed by atoms with Gasteiger partial charge in [-0.2, -0.15) is 4.31 Å². The summed E-state index contributed by atoms with van der Waals surface area (Å²) in [5.41, 5.74) is 0. The van der Waals surface area contributed by atoms with Crippen molar-refractivity contribution in [1.29, 1.82) is 0 Å². The second kappa shape index (κ2) is 5.80. The summed E-state index contributed by atoms with van der Waals surface area (Å²) in [5.74, 6) is 0.723. The predicted molar refractivity (Wildman–Crippen MR) is 58.2 cm³/mol. The van der Waals surface area contributed by atoms with E-state index in [1.165, 1.54) is 6.42 Å². The first-order valence-corrected chi connectivity index (χ1v) is 6.28. The third kappa shape index (κ3) is 3.65. The van der Waals surface area contributed by atoms with Crippen LogP contribution in [0.4, 0.5) is 0 Å². The molecule has 14 heavy (non-hydrogen) atoms. The van der Waals surface area contributed by atoms with Crippen LogP contribution in [0.2, 0.25) is 0 Å². The van der Waals surface area contributed by atoms with Gasteiger partial charge >= 0.3 is 0 Å². The van der Waals surface area contributed by atoms with E-state index in [2.05, 4.69) is 18.7 Å². The summed E-state index contributed by atoms with van der Waals surface area (Å²) in [6.07, 6.45) is 1.20. The summed E-state index contributed by atoms with van der Waals surface area (Å²) in [6, 6.07) is 0. The fraction of sp³-hybridized carbons (Fsp3) is 1.00. The minimum atomic E-state index is -1.77. The number of hydrogen-bond donors (Lipinski definition) is 1. The molecule has 0 aromatic rings. The van der Waals surface area contributed by atoms with E-state index in [0.717, 1.165) is 25.6 Å². The Kier molecular flexibility index (Phi) is 5.01. The van der Waals surface area contributed by atoms with E-state index in [1.807, 2.05) is 0 Å². The Balaban J connectivity index is 2.25. The maximum Gasteiger partial charge on any atom is 0.234 e. The lowest BCUT2D eigenvalue weighted by molar-refractivity contribution is 0.166. The molecule has 2 unspecified atom stereocenters. The summed E-state index contributed by atoms with van der Waals surface area (Å²) in [6.45, 7) is 8.80. The van der Waals surface area contributed by atoms with Crippen LogP contribution in [-0.4, -0.2) is 50.7 Å². The van der Waals surface area contributed by atoms with Gasteiger partial charge in [-0.3, -0.25) is 4.55 Å². The fourth-order valence-electron chi connectivity index (χ4n) is 1.64. The molecule has 0 amide bonds. The molecule has 4 nitrogen and oxygen atoms in total. The highest BCUT2D eigenvalue weighted by Gasteiger charge is 2.20. The first-order valence-electron chi connectivity index (χ1n) is 5.21. The van der Waals surface area contributed by atoms with Crippen LogP contribution in [0.1, 0.15) is 20.3 Å². The molecule has 0 bridgehead atoms. The van der Waals surface area contributed by atoms with Crippen LogP contribution in [0.15, 0.2) is 0 Å². The molecule has 1 saturated heterocycles. The summed E-state index contributed by atoms with van der Waals surface area (Å²) in [7, 11) is 0. The molecule has 5 heteroatoms. The molecular formula is C9H20N2O2S. The van der Waals surface area contributed by atoms with Gasteiger partial charge < -0.3 is 4.90 Å². The number of rotatable bonds is 4. The van der Waals surface area contributed by atoms with Crippen molar-refractivity contribution in [2.45, 2.75) is 20.3 Å². The average molecular weight is 220 g/mol. The lowest BCUT2D eigenvalue weighted by atomic mass is 10.1. The summed E-state index contributed by atoms with van der Waals surface area (Å²) >= 11 is -1.77. The van der Waals surface area contributed by atoms with Crippen molar-refractivity contribution >= 4 is 11.3 Å². The van der Waals surface area contributed by atoms with Crippen LogP contribution in [0.25, 0.3) is 0 Å². The minimum Gasteiger partial charge on any atom is -0.300 e. The SMILES string of the molecule is CCC(C)CN1CCN(S(=O)O)CC1. The maximum absolute atomic E-state index is 10.8.